The Morgan fingerprint density at radius 3 is 2.20 bits per heavy atom. The Balaban J connectivity index is 3.58. The number of ether oxygens (including phenoxy) is 2. The van der Waals surface area contributed by atoms with E-state index < -0.39 is 5.12 Å². The van der Waals surface area contributed by atoms with Gasteiger partial charge in [-0.2, -0.15) is 0 Å². The number of unbranched alkanes of at least 4 members (excludes halogenated alkanes) is 1. The van der Waals surface area contributed by atoms with Crippen LogP contribution in [0.15, 0.2) is 0 Å². The average Bonchev–Trinajstić information content (AvgIpc) is 2.00. The Labute approximate surface area is 68.3 Å². The molecule has 0 aromatic carbocycles. The van der Waals surface area contributed by atoms with Crippen LogP contribution in [0.2, 0.25) is 0 Å². The minimum absolute atomic E-state index is 0.711. The van der Waals surface area contributed by atoms with Crippen molar-refractivity contribution in [3.05, 3.63) is 6.92 Å². The van der Waals surface area contributed by atoms with Crippen molar-refractivity contribution >= 4 is 12.6 Å². The quantitative estimate of drug-likeness (QED) is 0.492. The highest BCUT2D eigenvalue weighted by molar-refractivity contribution is 7.81. The van der Waals surface area contributed by atoms with Gasteiger partial charge in [0.1, 0.15) is 0 Å². The van der Waals surface area contributed by atoms with Gasteiger partial charge in [-0.15, -0.1) is 12.6 Å². The number of thiol groups is 1. The summed E-state index contributed by atoms with van der Waals surface area (Å²) in [6, 6.07) is 0. The number of hydrogen-bond donors (Lipinski definition) is 1. The Bertz CT molecular complexity index is 81.7. The lowest BCUT2D eigenvalue weighted by Crippen LogP contribution is -2.26. The Kier molecular flexibility index (Phi) is 5.13. The summed E-state index contributed by atoms with van der Waals surface area (Å²) in [6.45, 7) is 3.71. The Morgan fingerprint density at radius 1 is 1.40 bits per heavy atom. The van der Waals surface area contributed by atoms with Crippen molar-refractivity contribution in [2.45, 2.75) is 24.4 Å². The molecule has 0 aromatic rings. The Morgan fingerprint density at radius 2 is 1.90 bits per heavy atom. The molecule has 0 aliphatic carbocycles. The van der Waals surface area contributed by atoms with E-state index in [0.29, 0.717) is 0 Å². The van der Waals surface area contributed by atoms with Crippen LogP contribution in [0.1, 0.15) is 19.3 Å². The molecule has 2 nitrogen and oxygen atoms in total. The summed E-state index contributed by atoms with van der Waals surface area (Å²) in [5.74, 6) is 0. The van der Waals surface area contributed by atoms with E-state index in [1.54, 1.807) is 14.2 Å². The molecule has 61 valence electrons. The molecule has 3 heteroatoms. The number of hydrogen-bond acceptors (Lipinski definition) is 3. The van der Waals surface area contributed by atoms with Gasteiger partial charge in [0.2, 0.25) is 5.12 Å². The standard InChI is InChI=1S/C7H15O2S/c1-4-5-6-7(10,8-2)9-3/h10H,1,4-6H2,2-3H3. The van der Waals surface area contributed by atoms with Crippen LogP contribution in [0.5, 0.6) is 0 Å². The third-order valence-electron chi connectivity index (χ3n) is 1.38. The first-order chi connectivity index (χ1) is 4.68. The molecule has 0 unspecified atom stereocenters. The van der Waals surface area contributed by atoms with E-state index in [1.165, 1.54) is 0 Å². The average molecular weight is 163 g/mol. The molecule has 0 spiro atoms. The van der Waals surface area contributed by atoms with Gasteiger partial charge in [0, 0.05) is 20.6 Å². The zero-order valence-electron chi connectivity index (χ0n) is 6.59. The highest BCUT2D eigenvalue weighted by Gasteiger charge is 2.22. The van der Waals surface area contributed by atoms with Crippen molar-refractivity contribution in [1.29, 1.82) is 0 Å². The molecule has 0 bridgehead atoms. The monoisotopic (exact) mass is 163 g/mol. The highest BCUT2D eigenvalue weighted by Crippen LogP contribution is 2.22. The molecule has 0 fully saturated rings. The number of rotatable bonds is 5. The fraction of sp³-hybridized carbons (Fsp3) is 0.857. The molecule has 0 rings (SSSR count). The second kappa shape index (κ2) is 4.99. The van der Waals surface area contributed by atoms with E-state index in [0.717, 1.165) is 19.3 Å². The molecular weight excluding hydrogens is 148 g/mol. The molecule has 0 heterocycles. The van der Waals surface area contributed by atoms with Crippen LogP contribution in [-0.2, 0) is 9.47 Å². The fourth-order valence-electron chi connectivity index (χ4n) is 0.636. The summed E-state index contributed by atoms with van der Waals surface area (Å²) in [7, 11) is 3.17. The van der Waals surface area contributed by atoms with Crippen LogP contribution in [-0.4, -0.2) is 19.3 Å². The van der Waals surface area contributed by atoms with Gasteiger partial charge in [-0.1, -0.05) is 13.3 Å². The van der Waals surface area contributed by atoms with Crippen LogP contribution in [0.3, 0.4) is 0 Å². The van der Waals surface area contributed by atoms with Gasteiger partial charge in [-0.3, -0.25) is 0 Å². The van der Waals surface area contributed by atoms with Crippen LogP contribution < -0.4 is 0 Å². The lowest BCUT2D eigenvalue weighted by Gasteiger charge is -2.24. The largest absolute Gasteiger partial charge is 0.345 e. The van der Waals surface area contributed by atoms with E-state index in [4.69, 9.17) is 9.47 Å². The first-order valence-electron chi connectivity index (χ1n) is 3.30. The molecule has 0 amide bonds. The predicted octanol–water partition coefficient (Wildman–Crippen LogP) is 1.87. The van der Waals surface area contributed by atoms with E-state index in [1.807, 2.05) is 0 Å². The van der Waals surface area contributed by atoms with Crippen molar-refractivity contribution in [2.75, 3.05) is 14.2 Å². The zero-order chi connectivity index (χ0) is 8.04. The third kappa shape index (κ3) is 3.44. The van der Waals surface area contributed by atoms with Crippen molar-refractivity contribution in [1.82, 2.24) is 0 Å². The maximum atomic E-state index is 5.00. The first-order valence-corrected chi connectivity index (χ1v) is 3.75. The van der Waals surface area contributed by atoms with Crippen molar-refractivity contribution in [3.63, 3.8) is 0 Å². The molecule has 0 aromatic heterocycles. The van der Waals surface area contributed by atoms with Gasteiger partial charge < -0.3 is 9.47 Å². The van der Waals surface area contributed by atoms with E-state index in [-0.39, 0.29) is 0 Å². The van der Waals surface area contributed by atoms with Crippen LogP contribution in [0.4, 0.5) is 0 Å². The van der Waals surface area contributed by atoms with Gasteiger partial charge in [0.15, 0.2) is 0 Å². The summed E-state index contributed by atoms with van der Waals surface area (Å²) >= 11 is 4.18. The van der Waals surface area contributed by atoms with E-state index >= 15 is 0 Å². The molecule has 10 heavy (non-hydrogen) atoms. The van der Waals surface area contributed by atoms with Crippen molar-refractivity contribution < 1.29 is 9.47 Å². The van der Waals surface area contributed by atoms with Crippen molar-refractivity contribution in [2.24, 2.45) is 0 Å². The number of methoxy groups -OCH3 is 2. The van der Waals surface area contributed by atoms with E-state index in [2.05, 4.69) is 19.6 Å². The van der Waals surface area contributed by atoms with Gasteiger partial charge in [0.25, 0.3) is 0 Å². The smallest absolute Gasteiger partial charge is 0.214 e. The van der Waals surface area contributed by atoms with Gasteiger partial charge in [0.05, 0.1) is 0 Å². The lowest BCUT2D eigenvalue weighted by atomic mass is 10.2. The second-order valence-electron chi connectivity index (χ2n) is 2.08. The molecule has 1 radical (unpaired) electrons. The molecule has 0 aliphatic rings. The molecular formula is C7H15O2S. The molecule has 0 N–H and O–H groups in total. The highest BCUT2D eigenvalue weighted by atomic mass is 32.1. The first kappa shape index (κ1) is 10.3. The summed E-state index contributed by atoms with van der Waals surface area (Å²) in [5.41, 5.74) is 0. The topological polar surface area (TPSA) is 18.5 Å². The molecule has 0 saturated carbocycles. The summed E-state index contributed by atoms with van der Waals surface area (Å²) in [4.78, 5) is 0. The summed E-state index contributed by atoms with van der Waals surface area (Å²) in [5, 5.41) is -0.711. The predicted molar refractivity (Wildman–Crippen MR) is 44.9 cm³/mol. The second-order valence-corrected chi connectivity index (χ2v) is 2.76. The third-order valence-corrected chi connectivity index (χ3v) is 1.97. The fourth-order valence-corrected chi connectivity index (χ4v) is 0.794. The molecule has 0 saturated heterocycles. The maximum Gasteiger partial charge on any atom is 0.214 e. The summed E-state index contributed by atoms with van der Waals surface area (Å²) in [6.07, 6.45) is 2.62. The minimum Gasteiger partial charge on any atom is -0.345 e. The molecule has 0 atom stereocenters. The van der Waals surface area contributed by atoms with Crippen LogP contribution in [0.25, 0.3) is 0 Å². The van der Waals surface area contributed by atoms with Gasteiger partial charge in [-0.25, -0.2) is 0 Å². The lowest BCUT2D eigenvalue weighted by molar-refractivity contribution is -0.136. The molecule has 0 aliphatic heterocycles. The summed E-state index contributed by atoms with van der Waals surface area (Å²) < 4.78 is 10.0. The van der Waals surface area contributed by atoms with Crippen LogP contribution >= 0.6 is 12.6 Å². The Hall–Kier alpha value is 0.270. The van der Waals surface area contributed by atoms with E-state index in [9.17, 15) is 0 Å². The van der Waals surface area contributed by atoms with Gasteiger partial charge >= 0.3 is 0 Å². The zero-order valence-corrected chi connectivity index (χ0v) is 7.49. The minimum atomic E-state index is -0.711. The maximum absolute atomic E-state index is 5.00. The SMILES string of the molecule is [CH2]CCCC(S)(OC)OC. The van der Waals surface area contributed by atoms with Crippen LogP contribution in [0, 0.1) is 6.92 Å². The normalized spacial score (nSPS) is 12.0. The van der Waals surface area contributed by atoms with Crippen molar-refractivity contribution in [3.8, 4) is 0 Å². The van der Waals surface area contributed by atoms with Gasteiger partial charge in [-0.05, 0) is 6.42 Å².